The monoisotopic (exact) mass is 252 g/mol. The van der Waals surface area contributed by atoms with Crippen molar-refractivity contribution in [1.82, 2.24) is 9.97 Å². The molecule has 1 aromatic heterocycles. The summed E-state index contributed by atoms with van der Waals surface area (Å²) in [4.78, 5) is 10.5. The third-order valence-corrected chi connectivity index (χ3v) is 2.77. The zero-order valence-electron chi connectivity index (χ0n) is 12.0. The van der Waals surface area contributed by atoms with E-state index in [0.29, 0.717) is 0 Å². The fraction of sp³-hybridized carbons (Fsp3) is 0.692. The van der Waals surface area contributed by atoms with Gasteiger partial charge >= 0.3 is 0 Å². The Bertz CT molecular complexity index is 366. The SMILES string of the molecule is COCCC(C)(C)CNc1ccnc(N(C)C)n1. The van der Waals surface area contributed by atoms with Crippen molar-refractivity contribution in [3.8, 4) is 0 Å². The second-order valence-electron chi connectivity index (χ2n) is 5.40. The van der Waals surface area contributed by atoms with Crippen LogP contribution in [0.3, 0.4) is 0 Å². The lowest BCUT2D eigenvalue weighted by Crippen LogP contribution is -2.25. The van der Waals surface area contributed by atoms with Crippen LogP contribution in [-0.4, -0.2) is 44.3 Å². The maximum Gasteiger partial charge on any atom is 0.226 e. The molecule has 1 aromatic rings. The molecule has 5 heteroatoms. The van der Waals surface area contributed by atoms with E-state index in [9.17, 15) is 0 Å². The summed E-state index contributed by atoms with van der Waals surface area (Å²) in [5.41, 5.74) is 0.180. The molecule has 0 fully saturated rings. The Balaban J connectivity index is 2.55. The average Bonchev–Trinajstić information content (AvgIpc) is 2.34. The first kappa shape index (κ1) is 14.7. The predicted octanol–water partition coefficient (Wildman–Crippen LogP) is 2.02. The highest BCUT2D eigenvalue weighted by Gasteiger charge is 2.17. The number of rotatable bonds is 7. The minimum atomic E-state index is 0.180. The largest absolute Gasteiger partial charge is 0.385 e. The quantitative estimate of drug-likeness (QED) is 0.804. The Morgan fingerprint density at radius 1 is 1.39 bits per heavy atom. The molecule has 0 spiro atoms. The number of anilines is 2. The van der Waals surface area contributed by atoms with E-state index in [4.69, 9.17) is 4.74 Å². The molecule has 18 heavy (non-hydrogen) atoms. The lowest BCUT2D eigenvalue weighted by Gasteiger charge is -2.25. The maximum atomic E-state index is 5.12. The summed E-state index contributed by atoms with van der Waals surface area (Å²) in [7, 11) is 5.60. The van der Waals surface area contributed by atoms with E-state index >= 15 is 0 Å². The van der Waals surface area contributed by atoms with Crippen molar-refractivity contribution in [2.45, 2.75) is 20.3 Å². The van der Waals surface area contributed by atoms with E-state index in [1.807, 2.05) is 25.1 Å². The van der Waals surface area contributed by atoms with Crippen molar-refractivity contribution in [3.63, 3.8) is 0 Å². The molecule has 0 aliphatic heterocycles. The molecule has 5 nitrogen and oxygen atoms in total. The smallest absolute Gasteiger partial charge is 0.226 e. The van der Waals surface area contributed by atoms with Crippen LogP contribution < -0.4 is 10.2 Å². The molecular weight excluding hydrogens is 228 g/mol. The summed E-state index contributed by atoms with van der Waals surface area (Å²) in [6.07, 6.45) is 2.79. The van der Waals surface area contributed by atoms with Gasteiger partial charge in [0.1, 0.15) is 5.82 Å². The van der Waals surface area contributed by atoms with Gasteiger partial charge in [-0.15, -0.1) is 0 Å². The average molecular weight is 252 g/mol. The van der Waals surface area contributed by atoms with Gasteiger partial charge in [0.25, 0.3) is 0 Å². The van der Waals surface area contributed by atoms with E-state index in [2.05, 4.69) is 29.1 Å². The second kappa shape index (κ2) is 6.54. The standard InChI is InChI=1S/C13H24N4O/c1-13(2,7-9-18-5)10-15-11-6-8-14-12(16-11)17(3)4/h6,8H,7,9-10H2,1-5H3,(H,14,15,16). The summed E-state index contributed by atoms with van der Waals surface area (Å²) in [6, 6.07) is 1.89. The van der Waals surface area contributed by atoms with Crippen LogP contribution in [0, 0.1) is 5.41 Å². The number of nitrogens with zero attached hydrogens (tertiary/aromatic N) is 3. The molecule has 0 aliphatic rings. The molecule has 0 aromatic carbocycles. The highest BCUT2D eigenvalue weighted by molar-refractivity contribution is 5.40. The van der Waals surface area contributed by atoms with Crippen LogP contribution in [0.25, 0.3) is 0 Å². The molecule has 0 atom stereocenters. The second-order valence-corrected chi connectivity index (χ2v) is 5.40. The molecule has 1 heterocycles. The van der Waals surface area contributed by atoms with Crippen molar-refractivity contribution in [2.24, 2.45) is 5.41 Å². The van der Waals surface area contributed by atoms with Gasteiger partial charge in [0, 0.05) is 40.6 Å². The van der Waals surface area contributed by atoms with E-state index < -0.39 is 0 Å². The van der Waals surface area contributed by atoms with Gasteiger partial charge in [-0.25, -0.2) is 4.98 Å². The van der Waals surface area contributed by atoms with E-state index in [0.717, 1.165) is 31.3 Å². The van der Waals surface area contributed by atoms with Gasteiger partial charge in [-0.2, -0.15) is 4.98 Å². The first-order valence-electron chi connectivity index (χ1n) is 6.18. The Kier molecular flexibility index (Phi) is 5.34. The lowest BCUT2D eigenvalue weighted by atomic mass is 9.90. The van der Waals surface area contributed by atoms with Gasteiger partial charge in [0.05, 0.1) is 0 Å². The first-order valence-corrected chi connectivity index (χ1v) is 6.18. The Morgan fingerprint density at radius 3 is 2.72 bits per heavy atom. The molecule has 0 aliphatic carbocycles. The number of methoxy groups -OCH3 is 1. The first-order chi connectivity index (χ1) is 8.44. The van der Waals surface area contributed by atoms with Crippen molar-refractivity contribution < 1.29 is 4.74 Å². The van der Waals surface area contributed by atoms with E-state index in [1.165, 1.54) is 0 Å². The number of aromatic nitrogens is 2. The normalized spacial score (nSPS) is 11.4. The van der Waals surface area contributed by atoms with Crippen molar-refractivity contribution >= 4 is 11.8 Å². The summed E-state index contributed by atoms with van der Waals surface area (Å²) in [5.74, 6) is 1.58. The number of ether oxygens (including phenoxy) is 1. The number of nitrogens with one attached hydrogen (secondary N) is 1. The van der Waals surface area contributed by atoms with Crippen molar-refractivity contribution in [2.75, 3.05) is 44.6 Å². The predicted molar refractivity (Wildman–Crippen MR) is 75.1 cm³/mol. The summed E-state index contributed by atoms with van der Waals surface area (Å²) < 4.78 is 5.12. The van der Waals surface area contributed by atoms with E-state index in [1.54, 1.807) is 13.3 Å². The Morgan fingerprint density at radius 2 is 2.11 bits per heavy atom. The molecule has 0 unspecified atom stereocenters. The zero-order valence-corrected chi connectivity index (χ0v) is 12.0. The third kappa shape index (κ3) is 4.87. The molecule has 1 N–H and O–H groups in total. The molecule has 0 bridgehead atoms. The van der Waals surface area contributed by atoms with E-state index in [-0.39, 0.29) is 5.41 Å². The van der Waals surface area contributed by atoms with Crippen LogP contribution in [-0.2, 0) is 4.74 Å². The van der Waals surface area contributed by atoms with Crippen LogP contribution in [0.15, 0.2) is 12.3 Å². The molecule has 102 valence electrons. The molecular formula is C13H24N4O. The molecule has 0 saturated carbocycles. The Hall–Kier alpha value is -1.36. The summed E-state index contributed by atoms with van der Waals surface area (Å²) >= 11 is 0. The van der Waals surface area contributed by atoms with Crippen LogP contribution in [0.4, 0.5) is 11.8 Å². The minimum absolute atomic E-state index is 0.180. The highest BCUT2D eigenvalue weighted by Crippen LogP contribution is 2.21. The van der Waals surface area contributed by atoms with Gasteiger partial charge in [-0.1, -0.05) is 13.8 Å². The molecule has 0 saturated heterocycles. The summed E-state index contributed by atoms with van der Waals surface area (Å²) in [6.45, 7) is 6.07. The lowest BCUT2D eigenvalue weighted by molar-refractivity contribution is 0.157. The van der Waals surface area contributed by atoms with Gasteiger partial charge in [-0.3, -0.25) is 0 Å². The maximum absolute atomic E-state index is 5.12. The molecule has 0 radical (unpaired) electrons. The topological polar surface area (TPSA) is 50.3 Å². The van der Waals surface area contributed by atoms with Crippen molar-refractivity contribution in [3.05, 3.63) is 12.3 Å². The zero-order chi connectivity index (χ0) is 13.6. The summed E-state index contributed by atoms with van der Waals surface area (Å²) in [5, 5.41) is 3.36. The minimum Gasteiger partial charge on any atom is -0.385 e. The molecule has 1 rings (SSSR count). The fourth-order valence-corrected chi connectivity index (χ4v) is 1.46. The van der Waals surface area contributed by atoms with Gasteiger partial charge < -0.3 is 15.0 Å². The van der Waals surface area contributed by atoms with Crippen LogP contribution >= 0.6 is 0 Å². The van der Waals surface area contributed by atoms with Gasteiger partial charge in [0.15, 0.2) is 0 Å². The third-order valence-electron chi connectivity index (χ3n) is 2.77. The van der Waals surface area contributed by atoms with Crippen molar-refractivity contribution in [1.29, 1.82) is 0 Å². The highest BCUT2D eigenvalue weighted by atomic mass is 16.5. The fourth-order valence-electron chi connectivity index (χ4n) is 1.46. The van der Waals surface area contributed by atoms with Crippen LogP contribution in [0.2, 0.25) is 0 Å². The van der Waals surface area contributed by atoms with Crippen LogP contribution in [0.1, 0.15) is 20.3 Å². The van der Waals surface area contributed by atoms with Gasteiger partial charge in [0.2, 0.25) is 5.95 Å². The Labute approximate surface area is 110 Å². The molecule has 0 amide bonds. The number of hydrogen-bond acceptors (Lipinski definition) is 5. The van der Waals surface area contributed by atoms with Crippen LogP contribution in [0.5, 0.6) is 0 Å². The van der Waals surface area contributed by atoms with Gasteiger partial charge in [-0.05, 0) is 17.9 Å². The number of hydrogen-bond donors (Lipinski definition) is 1.